The monoisotopic (exact) mass is 314 g/mol. The lowest BCUT2D eigenvalue weighted by Gasteiger charge is -2.28. The van der Waals surface area contributed by atoms with Crippen molar-refractivity contribution in [1.82, 2.24) is 9.80 Å². The molecule has 2 heterocycles. The average Bonchev–Trinajstić information content (AvgIpc) is 2.96. The highest BCUT2D eigenvalue weighted by molar-refractivity contribution is 8.00. The molecule has 0 aromatic rings. The molecular formula is C14H22N2O4S. The van der Waals surface area contributed by atoms with E-state index in [9.17, 15) is 14.4 Å². The molecule has 2 amide bonds. The lowest BCUT2D eigenvalue weighted by atomic mass is 10.1. The fourth-order valence-electron chi connectivity index (χ4n) is 2.47. The summed E-state index contributed by atoms with van der Waals surface area (Å²) in [5.41, 5.74) is -0.560. The summed E-state index contributed by atoms with van der Waals surface area (Å²) in [4.78, 5) is 39.2. The minimum absolute atomic E-state index is 0.0126. The Bertz CT molecular complexity index is 447. The molecule has 118 valence electrons. The van der Waals surface area contributed by atoms with Gasteiger partial charge in [0.25, 0.3) is 0 Å². The molecule has 2 aliphatic heterocycles. The van der Waals surface area contributed by atoms with Crippen molar-refractivity contribution in [2.24, 2.45) is 0 Å². The van der Waals surface area contributed by atoms with Gasteiger partial charge in [0, 0.05) is 6.54 Å². The van der Waals surface area contributed by atoms with Crippen molar-refractivity contribution in [2.75, 3.05) is 24.7 Å². The topological polar surface area (TPSA) is 66.9 Å². The molecule has 2 aliphatic rings. The molecule has 0 aliphatic carbocycles. The van der Waals surface area contributed by atoms with Gasteiger partial charge >= 0.3 is 5.97 Å². The zero-order chi connectivity index (χ0) is 15.6. The molecule has 6 nitrogen and oxygen atoms in total. The molecule has 21 heavy (non-hydrogen) atoms. The summed E-state index contributed by atoms with van der Waals surface area (Å²) in [5.74, 6) is 0.453. The minimum atomic E-state index is -0.560. The van der Waals surface area contributed by atoms with Crippen LogP contribution in [0.1, 0.15) is 33.6 Å². The third-order valence-electron chi connectivity index (χ3n) is 3.40. The largest absolute Gasteiger partial charge is 0.458 e. The smallest absolute Gasteiger partial charge is 0.329 e. The van der Waals surface area contributed by atoms with Gasteiger partial charge in [-0.1, -0.05) is 0 Å². The van der Waals surface area contributed by atoms with Crippen LogP contribution in [-0.2, 0) is 19.1 Å². The quantitative estimate of drug-likeness (QED) is 0.723. The first-order valence-corrected chi connectivity index (χ1v) is 8.31. The SMILES string of the molecule is CC(C)(C)OC(=O)[C@@H]1CCCN1C(=O)CN1CSCC1=O. The Labute approximate surface area is 129 Å². The predicted molar refractivity (Wildman–Crippen MR) is 79.6 cm³/mol. The van der Waals surface area contributed by atoms with E-state index < -0.39 is 11.6 Å². The second-order valence-corrected chi connectivity index (χ2v) is 7.30. The second kappa shape index (κ2) is 6.25. The molecule has 0 unspecified atom stereocenters. The molecule has 0 N–H and O–H groups in total. The number of hydrogen-bond donors (Lipinski definition) is 0. The molecule has 0 saturated carbocycles. The molecule has 0 aromatic carbocycles. The van der Waals surface area contributed by atoms with E-state index in [2.05, 4.69) is 0 Å². The molecule has 2 rings (SSSR count). The molecule has 0 radical (unpaired) electrons. The van der Waals surface area contributed by atoms with E-state index in [-0.39, 0.29) is 24.3 Å². The zero-order valence-corrected chi connectivity index (χ0v) is 13.6. The van der Waals surface area contributed by atoms with Crippen LogP contribution in [0.4, 0.5) is 0 Å². The van der Waals surface area contributed by atoms with Gasteiger partial charge in [0.2, 0.25) is 11.8 Å². The van der Waals surface area contributed by atoms with E-state index >= 15 is 0 Å². The van der Waals surface area contributed by atoms with Crippen molar-refractivity contribution in [3.05, 3.63) is 0 Å². The summed E-state index contributed by atoms with van der Waals surface area (Å²) < 4.78 is 5.38. The maximum Gasteiger partial charge on any atom is 0.329 e. The number of likely N-dealkylation sites (tertiary alicyclic amines) is 1. The van der Waals surface area contributed by atoms with Crippen molar-refractivity contribution in [3.8, 4) is 0 Å². The van der Waals surface area contributed by atoms with Gasteiger partial charge in [-0.2, -0.15) is 0 Å². The van der Waals surface area contributed by atoms with E-state index in [0.29, 0.717) is 24.6 Å². The van der Waals surface area contributed by atoms with Crippen molar-refractivity contribution in [1.29, 1.82) is 0 Å². The number of hydrogen-bond acceptors (Lipinski definition) is 5. The van der Waals surface area contributed by atoms with Crippen molar-refractivity contribution in [3.63, 3.8) is 0 Å². The number of ether oxygens (including phenoxy) is 1. The fourth-order valence-corrected chi connectivity index (χ4v) is 3.38. The first kappa shape index (κ1) is 16.1. The van der Waals surface area contributed by atoms with Crippen LogP contribution < -0.4 is 0 Å². The van der Waals surface area contributed by atoms with Crippen LogP contribution in [-0.4, -0.2) is 63.9 Å². The predicted octanol–water partition coefficient (Wildman–Crippen LogP) is 0.852. The van der Waals surface area contributed by atoms with Gasteiger partial charge in [-0.05, 0) is 33.6 Å². The van der Waals surface area contributed by atoms with Crippen LogP contribution in [0.5, 0.6) is 0 Å². The molecule has 0 aromatic heterocycles. The highest BCUT2D eigenvalue weighted by atomic mass is 32.2. The molecule has 2 saturated heterocycles. The van der Waals surface area contributed by atoms with Gasteiger partial charge in [0.1, 0.15) is 18.2 Å². The van der Waals surface area contributed by atoms with E-state index in [1.165, 1.54) is 16.7 Å². The van der Waals surface area contributed by atoms with Gasteiger partial charge < -0.3 is 14.5 Å². The van der Waals surface area contributed by atoms with E-state index in [4.69, 9.17) is 4.74 Å². The maximum atomic E-state index is 12.3. The molecule has 2 fully saturated rings. The third kappa shape index (κ3) is 4.12. The molecule has 7 heteroatoms. The second-order valence-electron chi connectivity index (χ2n) is 6.35. The van der Waals surface area contributed by atoms with E-state index in [1.54, 1.807) is 4.90 Å². The lowest BCUT2D eigenvalue weighted by Crippen LogP contribution is -2.47. The number of nitrogens with zero attached hydrogens (tertiary/aromatic N) is 2. The molecule has 0 spiro atoms. The van der Waals surface area contributed by atoms with Crippen molar-refractivity contribution < 1.29 is 19.1 Å². The first-order valence-electron chi connectivity index (χ1n) is 7.16. The van der Waals surface area contributed by atoms with E-state index in [1.807, 2.05) is 20.8 Å². The lowest BCUT2D eigenvalue weighted by molar-refractivity contribution is -0.163. The highest BCUT2D eigenvalue weighted by Crippen LogP contribution is 2.22. The van der Waals surface area contributed by atoms with Gasteiger partial charge in [0.05, 0.1) is 11.6 Å². The summed E-state index contributed by atoms with van der Waals surface area (Å²) in [6.45, 7) is 6.05. The highest BCUT2D eigenvalue weighted by Gasteiger charge is 2.38. The summed E-state index contributed by atoms with van der Waals surface area (Å²) in [7, 11) is 0. The Morgan fingerprint density at radius 3 is 2.67 bits per heavy atom. The number of esters is 1. The first-order chi connectivity index (χ1) is 9.78. The number of thioether (sulfide) groups is 1. The van der Waals surface area contributed by atoms with Crippen LogP contribution >= 0.6 is 11.8 Å². The Kier molecular flexibility index (Phi) is 4.81. The Balaban J connectivity index is 1.96. The third-order valence-corrected chi connectivity index (χ3v) is 4.35. The van der Waals surface area contributed by atoms with Crippen molar-refractivity contribution >= 4 is 29.5 Å². The standard InChI is InChI=1S/C14H22N2O4S/c1-14(2,3)20-13(19)10-5-4-6-16(10)11(17)7-15-9-21-8-12(15)18/h10H,4-9H2,1-3H3/t10-/m0/s1. The number of amides is 2. The molecule has 0 bridgehead atoms. The average molecular weight is 314 g/mol. The zero-order valence-electron chi connectivity index (χ0n) is 12.8. The van der Waals surface area contributed by atoms with Crippen molar-refractivity contribution in [2.45, 2.75) is 45.3 Å². The van der Waals surface area contributed by atoms with Crippen LogP contribution in [0.3, 0.4) is 0 Å². The maximum absolute atomic E-state index is 12.3. The summed E-state index contributed by atoms with van der Waals surface area (Å²) in [6, 6.07) is -0.512. The van der Waals surface area contributed by atoms with Crippen LogP contribution in [0, 0.1) is 0 Å². The summed E-state index contributed by atoms with van der Waals surface area (Å²) in [5, 5.41) is 0. The Morgan fingerprint density at radius 1 is 1.38 bits per heavy atom. The minimum Gasteiger partial charge on any atom is -0.458 e. The van der Waals surface area contributed by atoms with Crippen LogP contribution in [0.15, 0.2) is 0 Å². The number of rotatable bonds is 3. The van der Waals surface area contributed by atoms with Crippen LogP contribution in [0.25, 0.3) is 0 Å². The van der Waals surface area contributed by atoms with E-state index in [0.717, 1.165) is 6.42 Å². The fraction of sp³-hybridized carbons (Fsp3) is 0.786. The van der Waals surface area contributed by atoms with Gasteiger partial charge in [-0.15, -0.1) is 11.8 Å². The van der Waals surface area contributed by atoms with Gasteiger partial charge in [-0.3, -0.25) is 9.59 Å². The Morgan fingerprint density at radius 2 is 2.10 bits per heavy atom. The summed E-state index contributed by atoms with van der Waals surface area (Å²) in [6.07, 6.45) is 1.42. The van der Waals surface area contributed by atoms with Gasteiger partial charge in [-0.25, -0.2) is 4.79 Å². The molecular weight excluding hydrogens is 292 g/mol. The molecule has 1 atom stereocenters. The summed E-state index contributed by atoms with van der Waals surface area (Å²) >= 11 is 1.50. The Hall–Kier alpha value is -1.24. The van der Waals surface area contributed by atoms with Gasteiger partial charge in [0.15, 0.2) is 0 Å². The number of carbonyl (C=O) groups is 3. The normalized spacial score (nSPS) is 22.8. The number of carbonyl (C=O) groups excluding carboxylic acids is 3. The van der Waals surface area contributed by atoms with Crippen LogP contribution in [0.2, 0.25) is 0 Å².